The molecule has 0 radical (unpaired) electrons. The number of amides is 2. The molecule has 132 valence electrons. The van der Waals surface area contributed by atoms with E-state index in [1.807, 2.05) is 12.1 Å². The number of nitrogens with one attached hydrogen (secondary N) is 2. The molecule has 0 aliphatic heterocycles. The summed E-state index contributed by atoms with van der Waals surface area (Å²) in [5, 5.41) is 5.81. The van der Waals surface area contributed by atoms with Crippen LogP contribution in [0.2, 0.25) is 0 Å². The normalized spacial score (nSPS) is 16.2. The van der Waals surface area contributed by atoms with Gasteiger partial charge in [-0.25, -0.2) is 4.79 Å². The summed E-state index contributed by atoms with van der Waals surface area (Å²) in [6.45, 7) is -2.53. The molecule has 0 fully saturated rings. The molecule has 1 unspecified atom stereocenters. The zero-order valence-corrected chi connectivity index (χ0v) is 13.7. The quantitative estimate of drug-likeness (QED) is 0.854. The SMILES string of the molecule is O=C(NCc1ccc(OC(F)F)cc1)NC1CCCc2ccccc21. The Bertz CT molecular complexity index is 720. The lowest BCUT2D eigenvalue weighted by molar-refractivity contribution is -0.0498. The summed E-state index contributed by atoms with van der Waals surface area (Å²) in [7, 11) is 0. The molecule has 1 atom stereocenters. The van der Waals surface area contributed by atoms with E-state index in [9.17, 15) is 13.6 Å². The molecule has 0 saturated carbocycles. The third-order valence-electron chi connectivity index (χ3n) is 4.28. The van der Waals surface area contributed by atoms with Gasteiger partial charge in [0.05, 0.1) is 6.04 Å². The van der Waals surface area contributed by atoms with Crippen molar-refractivity contribution in [3.63, 3.8) is 0 Å². The van der Waals surface area contributed by atoms with Crippen LogP contribution in [0.25, 0.3) is 0 Å². The lowest BCUT2D eigenvalue weighted by Crippen LogP contribution is -2.38. The Labute approximate surface area is 145 Å². The van der Waals surface area contributed by atoms with Gasteiger partial charge in [-0.3, -0.25) is 0 Å². The average Bonchev–Trinajstić information content (AvgIpc) is 2.61. The van der Waals surface area contributed by atoms with E-state index in [0.717, 1.165) is 24.8 Å². The molecular formula is C19H20F2N2O2. The van der Waals surface area contributed by atoms with Gasteiger partial charge in [-0.2, -0.15) is 8.78 Å². The largest absolute Gasteiger partial charge is 0.435 e. The second kappa shape index (κ2) is 7.96. The zero-order valence-electron chi connectivity index (χ0n) is 13.7. The lowest BCUT2D eigenvalue weighted by atomic mass is 9.88. The van der Waals surface area contributed by atoms with Crippen molar-refractivity contribution in [2.75, 3.05) is 0 Å². The molecule has 6 heteroatoms. The smallest absolute Gasteiger partial charge is 0.387 e. The van der Waals surface area contributed by atoms with Gasteiger partial charge in [0.15, 0.2) is 0 Å². The van der Waals surface area contributed by atoms with Crippen LogP contribution >= 0.6 is 0 Å². The fourth-order valence-corrected chi connectivity index (χ4v) is 3.08. The number of alkyl halides is 2. The highest BCUT2D eigenvalue weighted by molar-refractivity contribution is 5.74. The Morgan fingerprint density at radius 1 is 1.16 bits per heavy atom. The van der Waals surface area contributed by atoms with E-state index < -0.39 is 6.61 Å². The number of carbonyl (C=O) groups is 1. The molecule has 3 rings (SSSR count). The minimum absolute atomic E-state index is 0.0202. The van der Waals surface area contributed by atoms with Crippen LogP contribution in [0.4, 0.5) is 13.6 Å². The molecule has 2 N–H and O–H groups in total. The Hall–Kier alpha value is -2.63. The maximum atomic E-state index is 12.2. The van der Waals surface area contributed by atoms with Gasteiger partial charge in [-0.05, 0) is 48.1 Å². The second-order valence-electron chi connectivity index (χ2n) is 5.99. The molecule has 25 heavy (non-hydrogen) atoms. The monoisotopic (exact) mass is 346 g/mol. The van der Waals surface area contributed by atoms with Crippen molar-refractivity contribution < 1.29 is 18.3 Å². The molecule has 0 heterocycles. The molecule has 0 saturated heterocycles. The van der Waals surface area contributed by atoms with Crippen LogP contribution in [0, 0.1) is 0 Å². The molecule has 0 bridgehead atoms. The number of carbonyl (C=O) groups excluding carboxylic acids is 1. The minimum Gasteiger partial charge on any atom is -0.435 e. The maximum absolute atomic E-state index is 12.2. The number of aryl methyl sites for hydroxylation is 1. The topological polar surface area (TPSA) is 50.4 Å². The number of urea groups is 1. The first-order chi connectivity index (χ1) is 12.1. The fraction of sp³-hybridized carbons (Fsp3) is 0.316. The van der Waals surface area contributed by atoms with Crippen molar-refractivity contribution in [3.8, 4) is 5.75 Å². The Kier molecular flexibility index (Phi) is 5.48. The highest BCUT2D eigenvalue weighted by Gasteiger charge is 2.21. The number of ether oxygens (including phenoxy) is 1. The number of hydrogen-bond donors (Lipinski definition) is 2. The first-order valence-corrected chi connectivity index (χ1v) is 8.28. The third kappa shape index (κ3) is 4.68. The molecule has 4 nitrogen and oxygen atoms in total. The van der Waals surface area contributed by atoms with Crippen molar-refractivity contribution in [1.82, 2.24) is 10.6 Å². The molecule has 0 spiro atoms. The Morgan fingerprint density at radius 3 is 2.68 bits per heavy atom. The van der Waals surface area contributed by atoms with Crippen molar-refractivity contribution in [1.29, 1.82) is 0 Å². The Morgan fingerprint density at radius 2 is 1.92 bits per heavy atom. The van der Waals surface area contributed by atoms with Gasteiger partial charge in [-0.1, -0.05) is 36.4 Å². The first-order valence-electron chi connectivity index (χ1n) is 8.28. The summed E-state index contributed by atoms with van der Waals surface area (Å²) in [4.78, 5) is 12.2. The summed E-state index contributed by atoms with van der Waals surface area (Å²) in [5.74, 6) is 0.0991. The van der Waals surface area contributed by atoms with Crippen LogP contribution in [-0.2, 0) is 13.0 Å². The van der Waals surface area contributed by atoms with Crippen LogP contribution in [0.5, 0.6) is 5.75 Å². The van der Waals surface area contributed by atoms with Gasteiger partial charge in [0, 0.05) is 6.54 Å². The van der Waals surface area contributed by atoms with Crippen LogP contribution in [0.1, 0.15) is 35.6 Å². The molecular weight excluding hydrogens is 326 g/mol. The van der Waals surface area contributed by atoms with Crippen molar-refractivity contribution in [3.05, 3.63) is 65.2 Å². The van der Waals surface area contributed by atoms with Gasteiger partial charge in [-0.15, -0.1) is 0 Å². The maximum Gasteiger partial charge on any atom is 0.387 e. The third-order valence-corrected chi connectivity index (χ3v) is 4.28. The standard InChI is InChI=1S/C19H20F2N2O2/c20-18(21)25-15-10-8-13(9-11-15)12-22-19(24)23-17-7-3-5-14-4-1-2-6-16(14)17/h1-2,4,6,8-11,17-18H,3,5,7,12H2,(H2,22,23,24). The summed E-state index contributed by atoms with van der Waals surface area (Å²) >= 11 is 0. The predicted octanol–water partition coefficient (Wildman–Crippen LogP) is 4.16. The highest BCUT2D eigenvalue weighted by Crippen LogP contribution is 2.29. The second-order valence-corrected chi connectivity index (χ2v) is 5.99. The lowest BCUT2D eigenvalue weighted by Gasteiger charge is -2.26. The van der Waals surface area contributed by atoms with Crippen molar-refractivity contribution in [2.24, 2.45) is 0 Å². The van der Waals surface area contributed by atoms with Crippen molar-refractivity contribution in [2.45, 2.75) is 38.5 Å². The van der Waals surface area contributed by atoms with Crippen LogP contribution in [0.3, 0.4) is 0 Å². The Balaban J connectivity index is 1.52. The van der Waals surface area contributed by atoms with Crippen LogP contribution < -0.4 is 15.4 Å². The molecule has 1 aliphatic rings. The van der Waals surface area contributed by atoms with Gasteiger partial charge in [0.1, 0.15) is 5.75 Å². The number of fused-ring (bicyclic) bond motifs is 1. The summed E-state index contributed by atoms with van der Waals surface area (Å²) in [5.41, 5.74) is 3.27. The minimum atomic E-state index is -2.84. The van der Waals surface area contributed by atoms with E-state index in [-0.39, 0.29) is 17.8 Å². The molecule has 2 amide bonds. The zero-order chi connectivity index (χ0) is 17.6. The summed E-state index contributed by atoms with van der Waals surface area (Å²) in [6, 6.07) is 14.1. The summed E-state index contributed by atoms with van der Waals surface area (Å²) in [6.07, 6.45) is 3.01. The van der Waals surface area contributed by atoms with Gasteiger partial charge >= 0.3 is 12.6 Å². The highest BCUT2D eigenvalue weighted by atomic mass is 19.3. The molecule has 2 aromatic carbocycles. The van der Waals surface area contributed by atoms with E-state index in [1.54, 1.807) is 12.1 Å². The van der Waals surface area contributed by atoms with E-state index in [1.165, 1.54) is 23.3 Å². The van der Waals surface area contributed by atoms with Crippen molar-refractivity contribution >= 4 is 6.03 Å². The molecule has 2 aromatic rings. The fourth-order valence-electron chi connectivity index (χ4n) is 3.08. The summed E-state index contributed by atoms with van der Waals surface area (Å²) < 4.78 is 28.5. The van der Waals surface area contributed by atoms with E-state index in [0.29, 0.717) is 6.54 Å². The van der Waals surface area contributed by atoms with Crippen LogP contribution in [-0.4, -0.2) is 12.6 Å². The number of rotatable bonds is 5. The number of benzene rings is 2. The van der Waals surface area contributed by atoms with E-state index in [4.69, 9.17) is 0 Å². The number of halogens is 2. The molecule has 1 aliphatic carbocycles. The van der Waals surface area contributed by atoms with Crippen LogP contribution in [0.15, 0.2) is 48.5 Å². The van der Waals surface area contributed by atoms with Gasteiger partial charge < -0.3 is 15.4 Å². The van der Waals surface area contributed by atoms with Gasteiger partial charge in [0.2, 0.25) is 0 Å². The first kappa shape index (κ1) is 17.2. The predicted molar refractivity (Wildman–Crippen MR) is 90.6 cm³/mol. The average molecular weight is 346 g/mol. The number of hydrogen-bond acceptors (Lipinski definition) is 2. The van der Waals surface area contributed by atoms with E-state index >= 15 is 0 Å². The molecule has 0 aromatic heterocycles. The van der Waals surface area contributed by atoms with E-state index in [2.05, 4.69) is 27.5 Å². The van der Waals surface area contributed by atoms with Gasteiger partial charge in [0.25, 0.3) is 0 Å².